The molecular formula is C12H17F3N2O. The summed E-state index contributed by atoms with van der Waals surface area (Å²) in [5.74, 6) is -0.229. The van der Waals surface area contributed by atoms with Crippen molar-refractivity contribution in [3.8, 4) is 5.75 Å². The fraction of sp³-hybridized carbons (Fsp3) is 0.500. The molecule has 0 bridgehead atoms. The highest BCUT2D eigenvalue weighted by atomic mass is 19.4. The van der Waals surface area contributed by atoms with E-state index >= 15 is 0 Å². The molecule has 1 aromatic rings. The zero-order valence-electron chi connectivity index (χ0n) is 10.6. The molecule has 0 saturated heterocycles. The van der Waals surface area contributed by atoms with E-state index in [0.717, 1.165) is 12.1 Å². The number of alkyl halides is 3. The standard InChI is InChI=1S/C12H17F3N2O/c1-4-8(2)17-11-7-9(18-12(13,14)15)5-6-10(11)16-3/h5-8,16-17H,4H2,1-3H3. The molecule has 1 unspecified atom stereocenters. The topological polar surface area (TPSA) is 33.3 Å². The van der Waals surface area contributed by atoms with Crippen LogP contribution in [0.2, 0.25) is 0 Å². The summed E-state index contributed by atoms with van der Waals surface area (Å²) in [6, 6.07) is 4.33. The van der Waals surface area contributed by atoms with Crippen LogP contribution in [0.5, 0.6) is 5.75 Å². The Kier molecular flexibility index (Phi) is 4.69. The van der Waals surface area contributed by atoms with E-state index in [1.807, 2.05) is 13.8 Å². The van der Waals surface area contributed by atoms with Gasteiger partial charge in [0.15, 0.2) is 0 Å². The first-order valence-electron chi connectivity index (χ1n) is 5.69. The lowest BCUT2D eigenvalue weighted by Gasteiger charge is -2.18. The Hall–Kier alpha value is -1.59. The van der Waals surface area contributed by atoms with Gasteiger partial charge in [0.25, 0.3) is 0 Å². The van der Waals surface area contributed by atoms with Gasteiger partial charge in [-0.15, -0.1) is 13.2 Å². The molecule has 1 aromatic carbocycles. The zero-order chi connectivity index (χ0) is 13.8. The third-order valence-electron chi connectivity index (χ3n) is 2.51. The molecule has 0 aliphatic rings. The lowest BCUT2D eigenvalue weighted by Crippen LogP contribution is -2.18. The minimum absolute atomic E-state index is 0.165. The highest BCUT2D eigenvalue weighted by Crippen LogP contribution is 2.30. The van der Waals surface area contributed by atoms with Crippen LogP contribution in [0.25, 0.3) is 0 Å². The fourth-order valence-electron chi connectivity index (χ4n) is 1.43. The van der Waals surface area contributed by atoms with E-state index in [4.69, 9.17) is 0 Å². The molecule has 1 rings (SSSR count). The van der Waals surface area contributed by atoms with Gasteiger partial charge < -0.3 is 15.4 Å². The van der Waals surface area contributed by atoms with Crippen molar-refractivity contribution in [1.82, 2.24) is 0 Å². The van der Waals surface area contributed by atoms with Crippen molar-refractivity contribution in [1.29, 1.82) is 0 Å². The maximum absolute atomic E-state index is 12.1. The lowest BCUT2D eigenvalue weighted by atomic mass is 10.2. The van der Waals surface area contributed by atoms with E-state index in [9.17, 15) is 13.2 Å². The van der Waals surface area contributed by atoms with E-state index in [0.29, 0.717) is 5.69 Å². The summed E-state index contributed by atoms with van der Waals surface area (Å²) >= 11 is 0. The van der Waals surface area contributed by atoms with Crippen LogP contribution in [-0.2, 0) is 0 Å². The predicted octanol–water partition coefficient (Wildman–Crippen LogP) is 3.84. The molecule has 0 aromatic heterocycles. The number of hydrogen-bond acceptors (Lipinski definition) is 3. The first-order chi connectivity index (χ1) is 8.35. The Labute approximate surface area is 104 Å². The van der Waals surface area contributed by atoms with Crippen LogP contribution in [-0.4, -0.2) is 19.5 Å². The molecule has 1 atom stereocenters. The van der Waals surface area contributed by atoms with Crippen LogP contribution >= 0.6 is 0 Å². The minimum atomic E-state index is -4.67. The van der Waals surface area contributed by atoms with Crippen molar-refractivity contribution in [2.75, 3.05) is 17.7 Å². The predicted molar refractivity (Wildman–Crippen MR) is 66.0 cm³/mol. The van der Waals surface area contributed by atoms with E-state index in [1.54, 1.807) is 13.1 Å². The SMILES string of the molecule is CCC(C)Nc1cc(OC(F)(F)F)ccc1NC. The van der Waals surface area contributed by atoms with Gasteiger partial charge in [-0.3, -0.25) is 0 Å². The van der Waals surface area contributed by atoms with E-state index < -0.39 is 6.36 Å². The molecular weight excluding hydrogens is 245 g/mol. The molecule has 0 saturated carbocycles. The van der Waals surface area contributed by atoms with Crippen LogP contribution < -0.4 is 15.4 Å². The molecule has 6 heteroatoms. The fourth-order valence-corrected chi connectivity index (χ4v) is 1.43. The number of hydrogen-bond donors (Lipinski definition) is 2. The molecule has 18 heavy (non-hydrogen) atoms. The van der Waals surface area contributed by atoms with Crippen molar-refractivity contribution < 1.29 is 17.9 Å². The molecule has 0 fully saturated rings. The van der Waals surface area contributed by atoms with Gasteiger partial charge in [-0.25, -0.2) is 0 Å². The molecule has 0 radical (unpaired) electrons. The van der Waals surface area contributed by atoms with Gasteiger partial charge in [-0.1, -0.05) is 6.92 Å². The molecule has 0 aliphatic heterocycles. The zero-order valence-corrected chi connectivity index (χ0v) is 10.6. The van der Waals surface area contributed by atoms with Gasteiger partial charge in [0.2, 0.25) is 0 Å². The number of benzene rings is 1. The second-order valence-electron chi connectivity index (χ2n) is 3.96. The van der Waals surface area contributed by atoms with Gasteiger partial charge in [0.05, 0.1) is 11.4 Å². The summed E-state index contributed by atoms with van der Waals surface area (Å²) in [5, 5.41) is 6.04. The molecule has 0 aliphatic carbocycles. The Morgan fingerprint density at radius 1 is 1.28 bits per heavy atom. The van der Waals surface area contributed by atoms with Gasteiger partial charge >= 0.3 is 6.36 Å². The van der Waals surface area contributed by atoms with Crippen LogP contribution in [0.3, 0.4) is 0 Å². The highest BCUT2D eigenvalue weighted by Gasteiger charge is 2.31. The van der Waals surface area contributed by atoms with Gasteiger partial charge in [0, 0.05) is 19.2 Å². The van der Waals surface area contributed by atoms with Gasteiger partial charge in [-0.2, -0.15) is 0 Å². The largest absolute Gasteiger partial charge is 0.573 e. The molecule has 102 valence electrons. The van der Waals surface area contributed by atoms with E-state index in [2.05, 4.69) is 15.4 Å². The number of nitrogens with one attached hydrogen (secondary N) is 2. The Balaban J connectivity index is 2.94. The second kappa shape index (κ2) is 5.84. The van der Waals surface area contributed by atoms with Crippen molar-refractivity contribution >= 4 is 11.4 Å². The van der Waals surface area contributed by atoms with Gasteiger partial charge in [-0.05, 0) is 25.5 Å². The minimum Gasteiger partial charge on any atom is -0.406 e. The first kappa shape index (κ1) is 14.5. The Morgan fingerprint density at radius 2 is 1.94 bits per heavy atom. The lowest BCUT2D eigenvalue weighted by molar-refractivity contribution is -0.274. The second-order valence-corrected chi connectivity index (χ2v) is 3.96. The molecule has 0 amide bonds. The summed E-state index contributed by atoms with van der Waals surface area (Å²) < 4.78 is 40.3. The first-order valence-corrected chi connectivity index (χ1v) is 5.69. The number of anilines is 2. The van der Waals surface area contributed by atoms with Crippen LogP contribution in [0.15, 0.2) is 18.2 Å². The van der Waals surface area contributed by atoms with Crippen LogP contribution in [0.1, 0.15) is 20.3 Å². The summed E-state index contributed by atoms with van der Waals surface area (Å²) in [4.78, 5) is 0. The molecule has 0 heterocycles. The van der Waals surface area contributed by atoms with Crippen molar-refractivity contribution in [3.05, 3.63) is 18.2 Å². The van der Waals surface area contributed by atoms with Crippen molar-refractivity contribution in [2.24, 2.45) is 0 Å². The monoisotopic (exact) mass is 262 g/mol. The van der Waals surface area contributed by atoms with E-state index in [-0.39, 0.29) is 11.8 Å². The third-order valence-corrected chi connectivity index (χ3v) is 2.51. The average molecular weight is 262 g/mol. The average Bonchev–Trinajstić information content (AvgIpc) is 2.27. The van der Waals surface area contributed by atoms with Gasteiger partial charge in [0.1, 0.15) is 5.75 Å². The number of halogens is 3. The summed E-state index contributed by atoms with van der Waals surface area (Å²) in [6.07, 6.45) is -3.80. The summed E-state index contributed by atoms with van der Waals surface area (Å²) in [7, 11) is 1.71. The Morgan fingerprint density at radius 3 is 2.44 bits per heavy atom. The third kappa shape index (κ3) is 4.35. The number of rotatable bonds is 5. The highest BCUT2D eigenvalue weighted by molar-refractivity contribution is 5.70. The van der Waals surface area contributed by atoms with E-state index in [1.165, 1.54) is 12.1 Å². The number of ether oxygens (including phenoxy) is 1. The van der Waals surface area contributed by atoms with Crippen LogP contribution in [0.4, 0.5) is 24.5 Å². The molecule has 3 nitrogen and oxygen atoms in total. The quantitative estimate of drug-likeness (QED) is 0.846. The van der Waals surface area contributed by atoms with Crippen molar-refractivity contribution in [3.63, 3.8) is 0 Å². The summed E-state index contributed by atoms with van der Waals surface area (Å²) in [6.45, 7) is 3.95. The molecule has 2 N–H and O–H groups in total. The maximum atomic E-state index is 12.1. The Bertz CT molecular complexity index is 393. The molecule has 0 spiro atoms. The maximum Gasteiger partial charge on any atom is 0.573 e. The summed E-state index contributed by atoms with van der Waals surface area (Å²) in [5.41, 5.74) is 1.32. The smallest absolute Gasteiger partial charge is 0.406 e. The normalized spacial score (nSPS) is 13.0. The van der Waals surface area contributed by atoms with Crippen LogP contribution in [0, 0.1) is 0 Å². The van der Waals surface area contributed by atoms with Crippen molar-refractivity contribution in [2.45, 2.75) is 32.7 Å².